The molecule has 0 unspecified atom stereocenters. The van der Waals surface area contributed by atoms with Crippen LogP contribution in [0.5, 0.6) is 0 Å². The standard InChI is InChI=1S/C12H18N2O4/c1-7-9(15)17-11(3,4)13-14-12(5,6)18-10(16)8-2/h7-8H,1-2H2,3-6H3. The van der Waals surface area contributed by atoms with Gasteiger partial charge in [-0.15, -0.1) is 10.2 Å². The molecular formula is C12H18N2O4. The number of carbonyl (C=O) groups excluding carboxylic acids is 2. The number of nitrogens with zero attached hydrogens (tertiary/aromatic N) is 2. The molecule has 0 aliphatic carbocycles. The fraction of sp³-hybridized carbons (Fsp3) is 0.500. The van der Waals surface area contributed by atoms with Crippen LogP contribution in [0, 0.1) is 0 Å². The summed E-state index contributed by atoms with van der Waals surface area (Å²) in [7, 11) is 0. The number of esters is 2. The number of hydrogen-bond donors (Lipinski definition) is 0. The van der Waals surface area contributed by atoms with Crippen molar-refractivity contribution in [2.75, 3.05) is 0 Å². The molecule has 0 atom stereocenters. The highest BCUT2D eigenvalue weighted by atomic mass is 16.6. The minimum atomic E-state index is -1.16. The molecule has 0 aliphatic rings. The molecule has 0 fully saturated rings. The van der Waals surface area contributed by atoms with E-state index in [1.165, 1.54) is 0 Å². The van der Waals surface area contributed by atoms with Gasteiger partial charge < -0.3 is 9.47 Å². The van der Waals surface area contributed by atoms with E-state index in [1.54, 1.807) is 27.7 Å². The predicted molar refractivity (Wildman–Crippen MR) is 65.6 cm³/mol. The Kier molecular flexibility index (Phi) is 5.42. The van der Waals surface area contributed by atoms with Crippen molar-refractivity contribution in [3.8, 4) is 0 Å². The van der Waals surface area contributed by atoms with Crippen LogP contribution in [-0.2, 0) is 19.1 Å². The summed E-state index contributed by atoms with van der Waals surface area (Å²) in [6.45, 7) is 12.7. The maximum atomic E-state index is 11.0. The molecule has 0 aromatic rings. The van der Waals surface area contributed by atoms with Gasteiger partial charge in [-0.2, -0.15) is 0 Å². The molecule has 0 amide bonds. The highest BCUT2D eigenvalue weighted by molar-refractivity contribution is 5.81. The first-order valence-corrected chi connectivity index (χ1v) is 5.27. The molecule has 0 aromatic heterocycles. The molecule has 100 valence electrons. The van der Waals surface area contributed by atoms with Gasteiger partial charge in [0, 0.05) is 12.2 Å². The average molecular weight is 254 g/mol. The van der Waals surface area contributed by atoms with Crippen LogP contribution < -0.4 is 0 Å². The van der Waals surface area contributed by atoms with Crippen molar-refractivity contribution in [2.45, 2.75) is 39.1 Å². The van der Waals surface area contributed by atoms with E-state index in [-0.39, 0.29) is 0 Å². The molecule has 0 saturated carbocycles. The second-order valence-corrected chi connectivity index (χ2v) is 4.34. The molecular weight excluding hydrogens is 236 g/mol. The van der Waals surface area contributed by atoms with Gasteiger partial charge >= 0.3 is 11.9 Å². The quantitative estimate of drug-likeness (QED) is 0.414. The lowest BCUT2D eigenvalue weighted by Gasteiger charge is -2.22. The van der Waals surface area contributed by atoms with Gasteiger partial charge in [0.1, 0.15) is 0 Å². The van der Waals surface area contributed by atoms with Crippen molar-refractivity contribution in [3.63, 3.8) is 0 Å². The second-order valence-electron chi connectivity index (χ2n) is 4.34. The summed E-state index contributed by atoms with van der Waals surface area (Å²) in [5, 5.41) is 7.65. The Balaban J connectivity index is 4.69. The van der Waals surface area contributed by atoms with Crippen molar-refractivity contribution < 1.29 is 19.1 Å². The summed E-state index contributed by atoms with van der Waals surface area (Å²) in [5.74, 6) is -1.22. The van der Waals surface area contributed by atoms with Gasteiger partial charge in [0.25, 0.3) is 0 Å². The van der Waals surface area contributed by atoms with Gasteiger partial charge in [-0.05, 0) is 27.7 Å². The summed E-state index contributed by atoms with van der Waals surface area (Å²) in [6, 6.07) is 0. The van der Waals surface area contributed by atoms with Gasteiger partial charge in [0.2, 0.25) is 11.4 Å². The highest BCUT2D eigenvalue weighted by Crippen LogP contribution is 2.18. The van der Waals surface area contributed by atoms with Crippen LogP contribution in [0.4, 0.5) is 0 Å². The normalized spacial score (nSPS) is 12.0. The number of ether oxygens (including phenoxy) is 2. The third-order valence-electron chi connectivity index (χ3n) is 1.57. The van der Waals surface area contributed by atoms with Gasteiger partial charge in [-0.1, -0.05) is 13.2 Å². The Morgan fingerprint density at radius 3 is 1.39 bits per heavy atom. The first-order chi connectivity index (χ1) is 8.12. The minimum Gasteiger partial charge on any atom is -0.433 e. The molecule has 6 nitrogen and oxygen atoms in total. The van der Waals surface area contributed by atoms with Gasteiger partial charge in [-0.25, -0.2) is 9.59 Å². The van der Waals surface area contributed by atoms with Gasteiger partial charge in [-0.3, -0.25) is 0 Å². The topological polar surface area (TPSA) is 77.3 Å². The van der Waals surface area contributed by atoms with E-state index in [2.05, 4.69) is 23.4 Å². The zero-order valence-corrected chi connectivity index (χ0v) is 11.1. The lowest BCUT2D eigenvalue weighted by atomic mass is 10.3. The van der Waals surface area contributed by atoms with Crippen LogP contribution >= 0.6 is 0 Å². The molecule has 0 aromatic carbocycles. The molecule has 6 heteroatoms. The Hall–Kier alpha value is -1.98. The summed E-state index contributed by atoms with van der Waals surface area (Å²) < 4.78 is 9.87. The van der Waals surface area contributed by atoms with Crippen LogP contribution in [0.1, 0.15) is 27.7 Å². The summed E-state index contributed by atoms with van der Waals surface area (Å²) in [5.41, 5.74) is -2.33. The molecule has 0 rings (SSSR count). The Bertz CT molecular complexity index is 348. The molecule has 18 heavy (non-hydrogen) atoms. The van der Waals surface area contributed by atoms with Crippen molar-refractivity contribution in [1.29, 1.82) is 0 Å². The number of rotatable bonds is 6. The second kappa shape index (κ2) is 6.09. The minimum absolute atomic E-state index is 0.611. The maximum absolute atomic E-state index is 11.0. The van der Waals surface area contributed by atoms with E-state index in [9.17, 15) is 9.59 Å². The summed E-state index contributed by atoms with van der Waals surface area (Å²) in [6.07, 6.45) is 2.06. The molecule has 0 aliphatic heterocycles. The monoisotopic (exact) mass is 254 g/mol. The van der Waals surface area contributed by atoms with Crippen LogP contribution in [0.3, 0.4) is 0 Å². The van der Waals surface area contributed by atoms with Gasteiger partial charge in [0.05, 0.1) is 0 Å². The largest absolute Gasteiger partial charge is 0.433 e. The van der Waals surface area contributed by atoms with Crippen molar-refractivity contribution >= 4 is 11.9 Å². The van der Waals surface area contributed by atoms with Crippen LogP contribution in [0.25, 0.3) is 0 Å². The van der Waals surface area contributed by atoms with Crippen LogP contribution in [0.2, 0.25) is 0 Å². The fourth-order valence-corrected chi connectivity index (χ4v) is 0.857. The van der Waals surface area contributed by atoms with Crippen molar-refractivity contribution in [1.82, 2.24) is 0 Å². The molecule has 0 saturated heterocycles. The first-order valence-electron chi connectivity index (χ1n) is 5.27. The zero-order chi connectivity index (χ0) is 14.4. The number of hydrogen-bond acceptors (Lipinski definition) is 6. The van der Waals surface area contributed by atoms with Gasteiger partial charge in [0.15, 0.2) is 0 Å². The summed E-state index contributed by atoms with van der Waals surface area (Å²) in [4.78, 5) is 22.1. The van der Waals surface area contributed by atoms with Crippen molar-refractivity contribution in [3.05, 3.63) is 25.3 Å². The molecule has 0 spiro atoms. The third-order valence-corrected chi connectivity index (χ3v) is 1.57. The number of azo groups is 1. The van der Waals surface area contributed by atoms with E-state index in [0.717, 1.165) is 12.2 Å². The molecule has 0 radical (unpaired) electrons. The Morgan fingerprint density at radius 2 is 1.17 bits per heavy atom. The fourth-order valence-electron chi connectivity index (χ4n) is 0.857. The van der Waals surface area contributed by atoms with Crippen molar-refractivity contribution in [2.24, 2.45) is 10.2 Å². The Morgan fingerprint density at radius 1 is 0.889 bits per heavy atom. The third kappa shape index (κ3) is 6.57. The van der Waals surface area contributed by atoms with E-state index in [0.29, 0.717) is 0 Å². The Labute approximate surface area is 106 Å². The first kappa shape index (κ1) is 16.0. The summed E-state index contributed by atoms with van der Waals surface area (Å²) >= 11 is 0. The average Bonchev–Trinajstić information content (AvgIpc) is 2.25. The lowest BCUT2D eigenvalue weighted by molar-refractivity contribution is -0.154. The predicted octanol–water partition coefficient (Wildman–Crippen LogP) is 2.37. The van der Waals surface area contributed by atoms with E-state index < -0.39 is 23.4 Å². The van der Waals surface area contributed by atoms with Crippen LogP contribution in [0.15, 0.2) is 35.5 Å². The molecule has 0 bridgehead atoms. The SMILES string of the molecule is C=CC(=O)OC(C)(C)N=NC(C)(C)OC(=O)C=C. The highest BCUT2D eigenvalue weighted by Gasteiger charge is 2.25. The van der Waals surface area contributed by atoms with E-state index >= 15 is 0 Å². The van der Waals surface area contributed by atoms with E-state index in [4.69, 9.17) is 9.47 Å². The maximum Gasteiger partial charge on any atom is 0.332 e. The smallest absolute Gasteiger partial charge is 0.332 e. The lowest BCUT2D eigenvalue weighted by Crippen LogP contribution is -2.28. The molecule has 0 N–H and O–H groups in total. The molecule has 0 heterocycles. The zero-order valence-electron chi connectivity index (χ0n) is 11.1. The van der Waals surface area contributed by atoms with E-state index in [1.807, 2.05) is 0 Å². The number of carbonyl (C=O) groups is 2. The van der Waals surface area contributed by atoms with Crippen LogP contribution in [-0.4, -0.2) is 23.4 Å².